The molecule has 0 amide bonds. The van der Waals surface area contributed by atoms with Gasteiger partial charge in [-0.25, -0.2) is 15.0 Å². The lowest BCUT2D eigenvalue weighted by Crippen LogP contribution is -2.04. The van der Waals surface area contributed by atoms with E-state index in [0.29, 0.717) is 17.5 Å². The van der Waals surface area contributed by atoms with Gasteiger partial charge in [-0.15, -0.1) is 0 Å². The van der Waals surface area contributed by atoms with Gasteiger partial charge < -0.3 is 9.30 Å². The molecule has 0 saturated heterocycles. The molecule has 3 heterocycles. The van der Waals surface area contributed by atoms with Crippen molar-refractivity contribution >= 4 is 32.6 Å². The maximum Gasteiger partial charge on any atom is 0.167 e. The first-order valence-corrected chi connectivity index (χ1v) is 18.1. The van der Waals surface area contributed by atoms with Gasteiger partial charge in [-0.2, -0.15) is 0 Å². The fourth-order valence-electron chi connectivity index (χ4n) is 7.98. The van der Waals surface area contributed by atoms with E-state index in [1.54, 1.807) is 0 Å². The van der Waals surface area contributed by atoms with Gasteiger partial charge in [-0.1, -0.05) is 146 Å². The summed E-state index contributed by atoms with van der Waals surface area (Å²) in [5.74, 6) is 3.33. The minimum absolute atomic E-state index is 0.562. The fourth-order valence-corrected chi connectivity index (χ4v) is 7.98. The molecule has 0 N–H and O–H groups in total. The maximum atomic E-state index is 6.93. The van der Waals surface area contributed by atoms with E-state index in [0.717, 1.165) is 66.8 Å². The van der Waals surface area contributed by atoms with Gasteiger partial charge in [0.05, 0.1) is 22.3 Å². The number of hydrogen-bond acceptors (Lipinski definition) is 4. The van der Waals surface area contributed by atoms with Crippen molar-refractivity contribution < 1.29 is 4.74 Å². The molecule has 54 heavy (non-hydrogen) atoms. The van der Waals surface area contributed by atoms with E-state index in [2.05, 4.69) is 120 Å². The number of para-hydroxylation sites is 2. The summed E-state index contributed by atoms with van der Waals surface area (Å²) >= 11 is 0. The van der Waals surface area contributed by atoms with E-state index in [9.17, 15) is 0 Å². The number of aromatic nitrogens is 4. The average Bonchev–Trinajstić information content (AvgIpc) is 3.58. The molecule has 5 nitrogen and oxygen atoms in total. The number of fused-ring (bicyclic) bond motifs is 5. The zero-order valence-electron chi connectivity index (χ0n) is 29.0. The largest absolute Gasteiger partial charge is 0.455 e. The van der Waals surface area contributed by atoms with Crippen molar-refractivity contribution in [1.29, 1.82) is 0 Å². The second kappa shape index (κ2) is 12.1. The number of rotatable bonds is 5. The summed E-state index contributed by atoms with van der Waals surface area (Å²) in [5, 5.41) is 4.64. The molecule has 0 fully saturated rings. The van der Waals surface area contributed by atoms with E-state index in [1.165, 1.54) is 21.9 Å². The second-order valence-electron chi connectivity index (χ2n) is 13.6. The van der Waals surface area contributed by atoms with Crippen LogP contribution in [-0.4, -0.2) is 19.5 Å². The van der Waals surface area contributed by atoms with Crippen LogP contribution < -0.4 is 4.74 Å². The monoisotopic (exact) mass is 690 g/mol. The Morgan fingerprint density at radius 2 is 0.944 bits per heavy atom. The molecule has 0 unspecified atom stereocenters. The van der Waals surface area contributed by atoms with Crippen LogP contribution in [0.4, 0.5) is 0 Å². The lowest BCUT2D eigenvalue weighted by molar-refractivity contribution is 0.488. The van der Waals surface area contributed by atoms with Gasteiger partial charge in [0, 0.05) is 38.2 Å². The maximum absolute atomic E-state index is 6.93. The molecule has 0 spiro atoms. The van der Waals surface area contributed by atoms with Crippen molar-refractivity contribution in [2.24, 2.45) is 0 Å². The predicted octanol–water partition coefficient (Wildman–Crippen LogP) is 12.6. The molecular formula is C49H30N4O. The van der Waals surface area contributed by atoms with Crippen molar-refractivity contribution in [2.75, 3.05) is 0 Å². The lowest BCUT2D eigenvalue weighted by Gasteiger charge is -2.24. The molecule has 11 rings (SSSR count). The first-order chi connectivity index (χ1) is 26.8. The number of hydrogen-bond donors (Lipinski definition) is 0. The summed E-state index contributed by atoms with van der Waals surface area (Å²) in [6.07, 6.45) is 0. The smallest absolute Gasteiger partial charge is 0.167 e. The first kappa shape index (κ1) is 30.3. The summed E-state index contributed by atoms with van der Waals surface area (Å²) in [4.78, 5) is 15.0. The quantitative estimate of drug-likeness (QED) is 0.180. The normalized spacial score (nSPS) is 11.9. The highest BCUT2D eigenvalue weighted by Crippen LogP contribution is 2.51. The van der Waals surface area contributed by atoms with Crippen LogP contribution in [0.15, 0.2) is 182 Å². The van der Waals surface area contributed by atoms with Crippen LogP contribution in [0.25, 0.3) is 94.7 Å². The first-order valence-electron chi connectivity index (χ1n) is 18.1. The average molecular weight is 691 g/mol. The topological polar surface area (TPSA) is 52.8 Å². The van der Waals surface area contributed by atoms with Crippen molar-refractivity contribution in [1.82, 2.24) is 19.5 Å². The Bertz CT molecular complexity index is 3010. The minimum Gasteiger partial charge on any atom is -0.455 e. The highest BCUT2D eigenvalue weighted by Gasteiger charge is 2.27. The zero-order valence-corrected chi connectivity index (χ0v) is 29.0. The standard InChI is InChI=1S/C49H30N4O/c1-4-14-31(15-5-1)34-26-27-43-40(30-34)35-20-10-11-25-41(35)53(43)42-28-29-44-45-36(21-12-23-38(42)45)37-22-13-24-39(46(37)54-44)49-51-47(32-16-6-2-7-17-32)50-48(52-49)33-18-8-3-9-19-33/h1-30H. The molecule has 0 saturated carbocycles. The zero-order chi connectivity index (χ0) is 35.6. The molecule has 1 aliphatic rings. The predicted molar refractivity (Wildman–Crippen MR) is 219 cm³/mol. The van der Waals surface area contributed by atoms with Crippen LogP contribution in [-0.2, 0) is 0 Å². The van der Waals surface area contributed by atoms with Gasteiger partial charge in [0.25, 0.3) is 0 Å². The van der Waals surface area contributed by atoms with Gasteiger partial charge in [0.15, 0.2) is 17.5 Å². The minimum atomic E-state index is 0.562. The Morgan fingerprint density at radius 3 is 1.69 bits per heavy atom. The molecule has 5 heteroatoms. The third kappa shape index (κ3) is 4.76. The van der Waals surface area contributed by atoms with Gasteiger partial charge in [-0.05, 0) is 53.1 Å². The molecule has 8 aromatic carbocycles. The third-order valence-electron chi connectivity index (χ3n) is 10.5. The molecular weight excluding hydrogens is 661 g/mol. The molecule has 0 atom stereocenters. The van der Waals surface area contributed by atoms with Gasteiger partial charge in [0.1, 0.15) is 11.5 Å². The van der Waals surface area contributed by atoms with Crippen LogP contribution in [0.3, 0.4) is 0 Å². The van der Waals surface area contributed by atoms with Crippen LogP contribution in [0, 0.1) is 0 Å². The second-order valence-corrected chi connectivity index (χ2v) is 13.6. The fraction of sp³-hybridized carbons (Fsp3) is 0. The molecule has 252 valence electrons. The lowest BCUT2D eigenvalue weighted by atomic mass is 9.92. The van der Waals surface area contributed by atoms with E-state index in [-0.39, 0.29) is 0 Å². The SMILES string of the molecule is c1ccc(-c2ccc3c(c2)c2ccccc2n3-c2ccc3c4c(cccc24)-c2cccc(-c4nc(-c5ccccc5)nc(-c5ccccc5)n4)c2O3)cc1. The van der Waals surface area contributed by atoms with E-state index in [1.807, 2.05) is 66.7 Å². The summed E-state index contributed by atoms with van der Waals surface area (Å²) in [5.41, 5.74) is 10.6. The van der Waals surface area contributed by atoms with Crippen molar-refractivity contribution in [3.63, 3.8) is 0 Å². The Morgan fingerprint density at radius 1 is 0.370 bits per heavy atom. The van der Waals surface area contributed by atoms with Crippen molar-refractivity contribution in [3.8, 4) is 73.6 Å². The van der Waals surface area contributed by atoms with Crippen molar-refractivity contribution in [2.45, 2.75) is 0 Å². The van der Waals surface area contributed by atoms with E-state index >= 15 is 0 Å². The Kier molecular flexibility index (Phi) is 6.79. The van der Waals surface area contributed by atoms with Crippen LogP contribution in [0.5, 0.6) is 11.5 Å². The number of benzene rings is 8. The van der Waals surface area contributed by atoms with Crippen LogP contribution in [0.1, 0.15) is 0 Å². The van der Waals surface area contributed by atoms with Crippen LogP contribution >= 0.6 is 0 Å². The summed E-state index contributed by atoms with van der Waals surface area (Å²) < 4.78 is 9.33. The summed E-state index contributed by atoms with van der Waals surface area (Å²) in [7, 11) is 0. The molecule has 10 aromatic rings. The highest BCUT2D eigenvalue weighted by atomic mass is 16.5. The van der Waals surface area contributed by atoms with E-state index in [4.69, 9.17) is 19.7 Å². The Labute approximate surface area is 311 Å². The molecule has 2 aromatic heterocycles. The molecule has 0 aliphatic carbocycles. The van der Waals surface area contributed by atoms with Gasteiger partial charge in [0.2, 0.25) is 0 Å². The molecule has 0 radical (unpaired) electrons. The summed E-state index contributed by atoms with van der Waals surface area (Å²) in [6, 6.07) is 63.3. The number of ether oxygens (including phenoxy) is 1. The Balaban J connectivity index is 1.10. The van der Waals surface area contributed by atoms with Gasteiger partial charge in [-0.3, -0.25) is 0 Å². The van der Waals surface area contributed by atoms with E-state index < -0.39 is 0 Å². The molecule has 0 bridgehead atoms. The molecule has 1 aliphatic heterocycles. The summed E-state index contributed by atoms with van der Waals surface area (Å²) in [6.45, 7) is 0. The van der Waals surface area contributed by atoms with Gasteiger partial charge >= 0.3 is 0 Å². The highest BCUT2D eigenvalue weighted by molar-refractivity contribution is 6.14. The van der Waals surface area contributed by atoms with Crippen LogP contribution in [0.2, 0.25) is 0 Å². The Hall–Kier alpha value is -7.37. The number of nitrogens with zero attached hydrogens (tertiary/aromatic N) is 4. The van der Waals surface area contributed by atoms with Crippen molar-refractivity contribution in [3.05, 3.63) is 182 Å². The third-order valence-corrected chi connectivity index (χ3v) is 10.5.